The maximum absolute atomic E-state index is 11.0. The fourth-order valence-corrected chi connectivity index (χ4v) is 1.02. The van der Waals surface area contributed by atoms with Crippen molar-refractivity contribution >= 4 is 5.97 Å². The Balaban J connectivity index is 0.000000671. The molecule has 1 heterocycles. The van der Waals surface area contributed by atoms with E-state index in [-0.39, 0.29) is 5.97 Å². The molecule has 0 radical (unpaired) electrons. The number of allylic oxidation sites excluding steroid dienone is 1. The third-order valence-corrected chi connectivity index (χ3v) is 1.62. The lowest BCUT2D eigenvalue weighted by Crippen LogP contribution is -2.15. The molecule has 1 rings (SSSR count). The molecule has 0 amide bonds. The number of rotatable bonds is 2. The van der Waals surface area contributed by atoms with E-state index in [9.17, 15) is 4.79 Å². The molecule has 0 saturated carbocycles. The van der Waals surface area contributed by atoms with Crippen molar-refractivity contribution in [3.05, 3.63) is 36.5 Å². The van der Waals surface area contributed by atoms with Crippen LogP contribution in [0.4, 0.5) is 0 Å². The van der Waals surface area contributed by atoms with Gasteiger partial charge >= 0.3 is 5.97 Å². The Morgan fingerprint density at radius 1 is 1.31 bits per heavy atom. The van der Waals surface area contributed by atoms with E-state index in [0.29, 0.717) is 12.2 Å². The predicted octanol–water partition coefficient (Wildman–Crippen LogP) is 2.63. The lowest BCUT2D eigenvalue weighted by atomic mass is 10.0. The summed E-state index contributed by atoms with van der Waals surface area (Å²) in [5.41, 5.74) is 1.47. The Morgan fingerprint density at radius 3 is 2.31 bits per heavy atom. The second kappa shape index (κ2) is 6.23. The molecule has 0 saturated heterocycles. The number of carbonyl (C=O) groups excluding carboxylic acids is 1. The second-order valence-corrected chi connectivity index (χ2v) is 2.23. The zero-order valence-corrected chi connectivity index (χ0v) is 8.30. The first-order chi connectivity index (χ1) is 6.29. The maximum Gasteiger partial charge on any atom is 0.338 e. The van der Waals surface area contributed by atoms with Gasteiger partial charge in [0.25, 0.3) is 0 Å². The van der Waals surface area contributed by atoms with Crippen LogP contribution in [0.5, 0.6) is 0 Å². The van der Waals surface area contributed by atoms with Crippen LogP contribution in [-0.2, 0) is 9.53 Å². The van der Waals surface area contributed by atoms with E-state index in [1.54, 1.807) is 6.08 Å². The van der Waals surface area contributed by atoms with Crippen LogP contribution in [0.2, 0.25) is 0 Å². The number of esters is 1. The number of carbonyl (C=O) groups is 1. The van der Waals surface area contributed by atoms with Crippen molar-refractivity contribution in [2.75, 3.05) is 6.61 Å². The second-order valence-electron chi connectivity index (χ2n) is 2.23. The van der Waals surface area contributed by atoms with Crippen molar-refractivity contribution in [3.8, 4) is 0 Å². The standard InChI is InChI=1S/C9H10O2.C2H6/c1-3-7-5-6-11-9(10)8(7)4-2;1-2/h3-4H,1-2,5-6H2;1-2H3. The van der Waals surface area contributed by atoms with Crippen LogP contribution in [0.1, 0.15) is 20.3 Å². The van der Waals surface area contributed by atoms with Gasteiger partial charge in [0.15, 0.2) is 0 Å². The van der Waals surface area contributed by atoms with Crippen LogP contribution in [0.15, 0.2) is 36.5 Å². The van der Waals surface area contributed by atoms with Gasteiger partial charge in [0, 0.05) is 6.42 Å². The smallest absolute Gasteiger partial charge is 0.338 e. The van der Waals surface area contributed by atoms with Crippen molar-refractivity contribution < 1.29 is 9.53 Å². The minimum absolute atomic E-state index is 0.291. The number of hydrogen-bond acceptors (Lipinski definition) is 2. The van der Waals surface area contributed by atoms with Gasteiger partial charge in [0.2, 0.25) is 0 Å². The van der Waals surface area contributed by atoms with Gasteiger partial charge in [0.1, 0.15) is 0 Å². The number of cyclic esters (lactones) is 1. The molecule has 0 bridgehead atoms. The van der Waals surface area contributed by atoms with E-state index < -0.39 is 0 Å². The average molecular weight is 180 g/mol. The SMILES string of the molecule is C=CC1=C(C=C)C(=O)OCC1.CC. The normalized spacial score (nSPS) is 15.4. The summed E-state index contributed by atoms with van der Waals surface area (Å²) in [6.07, 6.45) is 3.94. The van der Waals surface area contributed by atoms with Crippen molar-refractivity contribution in [2.24, 2.45) is 0 Å². The topological polar surface area (TPSA) is 26.3 Å². The number of ether oxygens (including phenoxy) is 1. The summed E-state index contributed by atoms with van der Waals surface area (Å²) >= 11 is 0. The third-order valence-electron chi connectivity index (χ3n) is 1.62. The molecule has 0 aromatic heterocycles. The molecule has 2 heteroatoms. The van der Waals surface area contributed by atoms with Gasteiger partial charge in [-0.05, 0) is 5.57 Å². The summed E-state index contributed by atoms with van der Waals surface area (Å²) in [6, 6.07) is 0. The van der Waals surface area contributed by atoms with Crippen molar-refractivity contribution in [1.29, 1.82) is 0 Å². The lowest BCUT2D eigenvalue weighted by Gasteiger charge is -2.14. The summed E-state index contributed by atoms with van der Waals surface area (Å²) in [7, 11) is 0. The van der Waals surface area contributed by atoms with Crippen molar-refractivity contribution in [3.63, 3.8) is 0 Å². The molecule has 72 valence electrons. The van der Waals surface area contributed by atoms with Crippen molar-refractivity contribution in [1.82, 2.24) is 0 Å². The summed E-state index contributed by atoms with van der Waals surface area (Å²) in [4.78, 5) is 11.0. The molecule has 0 spiro atoms. The van der Waals surface area contributed by atoms with Gasteiger partial charge in [-0.2, -0.15) is 0 Å². The third kappa shape index (κ3) is 2.90. The summed E-state index contributed by atoms with van der Waals surface area (Å²) in [6.45, 7) is 11.6. The van der Waals surface area contributed by atoms with Gasteiger partial charge < -0.3 is 4.74 Å². The molecule has 0 aromatic carbocycles. The van der Waals surface area contributed by atoms with Crippen LogP contribution < -0.4 is 0 Å². The fraction of sp³-hybridized carbons (Fsp3) is 0.364. The van der Waals surface area contributed by atoms with Crippen LogP contribution in [0, 0.1) is 0 Å². The Labute approximate surface area is 79.6 Å². The van der Waals surface area contributed by atoms with Crippen LogP contribution in [0.3, 0.4) is 0 Å². The molecule has 0 aromatic rings. The highest BCUT2D eigenvalue weighted by atomic mass is 16.5. The molecule has 0 atom stereocenters. The molecule has 1 aliphatic heterocycles. The Bertz CT molecular complexity index is 236. The molecule has 0 aliphatic carbocycles. The van der Waals surface area contributed by atoms with Gasteiger partial charge in [-0.25, -0.2) is 4.79 Å². The summed E-state index contributed by atoms with van der Waals surface area (Å²) in [5.74, 6) is -0.291. The van der Waals surface area contributed by atoms with Gasteiger partial charge in [-0.1, -0.05) is 39.2 Å². The molecular formula is C11H16O2. The Hall–Kier alpha value is -1.31. The first-order valence-corrected chi connectivity index (χ1v) is 4.44. The minimum atomic E-state index is -0.291. The zero-order chi connectivity index (χ0) is 10.3. The molecule has 1 aliphatic rings. The van der Waals surface area contributed by atoms with E-state index >= 15 is 0 Å². The Kier molecular flexibility index (Phi) is 5.60. The minimum Gasteiger partial charge on any atom is -0.462 e. The van der Waals surface area contributed by atoms with E-state index in [4.69, 9.17) is 4.74 Å². The highest BCUT2D eigenvalue weighted by Gasteiger charge is 2.16. The van der Waals surface area contributed by atoms with Crippen LogP contribution >= 0.6 is 0 Å². The average Bonchev–Trinajstić information content (AvgIpc) is 2.20. The van der Waals surface area contributed by atoms with E-state index in [0.717, 1.165) is 12.0 Å². The molecule has 0 N–H and O–H groups in total. The zero-order valence-electron chi connectivity index (χ0n) is 8.30. The summed E-state index contributed by atoms with van der Waals surface area (Å²) < 4.78 is 4.80. The lowest BCUT2D eigenvalue weighted by molar-refractivity contribution is -0.139. The fourth-order valence-electron chi connectivity index (χ4n) is 1.02. The van der Waals surface area contributed by atoms with E-state index in [1.807, 2.05) is 13.8 Å². The molecule has 0 fully saturated rings. The highest BCUT2D eigenvalue weighted by molar-refractivity contribution is 5.93. The predicted molar refractivity (Wildman–Crippen MR) is 54.3 cm³/mol. The first kappa shape index (κ1) is 11.7. The first-order valence-electron chi connectivity index (χ1n) is 4.44. The molecule has 2 nitrogen and oxygen atoms in total. The molecule has 0 unspecified atom stereocenters. The van der Waals surface area contributed by atoms with Crippen LogP contribution in [-0.4, -0.2) is 12.6 Å². The monoisotopic (exact) mass is 180 g/mol. The van der Waals surface area contributed by atoms with Gasteiger partial charge in [0.05, 0.1) is 12.2 Å². The summed E-state index contributed by atoms with van der Waals surface area (Å²) in [5, 5.41) is 0. The Morgan fingerprint density at radius 2 is 1.92 bits per heavy atom. The number of hydrogen-bond donors (Lipinski definition) is 0. The van der Waals surface area contributed by atoms with E-state index in [1.165, 1.54) is 6.08 Å². The largest absolute Gasteiger partial charge is 0.462 e. The van der Waals surface area contributed by atoms with E-state index in [2.05, 4.69) is 13.2 Å². The maximum atomic E-state index is 11.0. The van der Waals surface area contributed by atoms with Gasteiger partial charge in [-0.15, -0.1) is 0 Å². The van der Waals surface area contributed by atoms with Crippen LogP contribution in [0.25, 0.3) is 0 Å². The van der Waals surface area contributed by atoms with Gasteiger partial charge in [-0.3, -0.25) is 0 Å². The molecular weight excluding hydrogens is 164 g/mol. The molecule has 13 heavy (non-hydrogen) atoms. The quantitative estimate of drug-likeness (QED) is 0.610. The van der Waals surface area contributed by atoms with Crippen molar-refractivity contribution in [2.45, 2.75) is 20.3 Å². The highest BCUT2D eigenvalue weighted by Crippen LogP contribution is 2.17.